The Hall–Kier alpha value is -0.170. The van der Waals surface area contributed by atoms with Crippen molar-refractivity contribution in [1.82, 2.24) is 4.90 Å². The Morgan fingerprint density at radius 1 is 1.22 bits per heavy atom. The maximum atomic E-state index is 11.6. The molecular formula is C12H24N2O3S. The van der Waals surface area contributed by atoms with Gasteiger partial charge in [-0.2, -0.15) is 0 Å². The van der Waals surface area contributed by atoms with Crippen LogP contribution in [0.15, 0.2) is 0 Å². The first-order chi connectivity index (χ1) is 8.37. The van der Waals surface area contributed by atoms with Gasteiger partial charge in [-0.15, -0.1) is 0 Å². The Labute approximate surface area is 110 Å². The number of rotatable bonds is 2. The SMILES string of the molecule is C[C@@H]1CN(C2(CN)CCS(=O)(=O)CC2)C[C@H](C)O1. The highest BCUT2D eigenvalue weighted by atomic mass is 32.2. The van der Waals surface area contributed by atoms with Crippen LogP contribution in [-0.4, -0.2) is 62.2 Å². The van der Waals surface area contributed by atoms with Crippen molar-refractivity contribution in [3.8, 4) is 0 Å². The lowest BCUT2D eigenvalue weighted by molar-refractivity contribution is -0.103. The van der Waals surface area contributed by atoms with Crippen LogP contribution in [0.3, 0.4) is 0 Å². The van der Waals surface area contributed by atoms with Crippen LogP contribution in [0.25, 0.3) is 0 Å². The average molecular weight is 276 g/mol. The van der Waals surface area contributed by atoms with E-state index in [-0.39, 0.29) is 29.3 Å². The molecule has 0 bridgehead atoms. The zero-order valence-corrected chi connectivity index (χ0v) is 12.1. The van der Waals surface area contributed by atoms with E-state index < -0.39 is 9.84 Å². The lowest BCUT2D eigenvalue weighted by Gasteiger charge is -2.50. The second-order valence-corrected chi connectivity index (χ2v) is 8.05. The van der Waals surface area contributed by atoms with Crippen molar-refractivity contribution >= 4 is 9.84 Å². The molecule has 0 spiro atoms. The van der Waals surface area contributed by atoms with Gasteiger partial charge in [-0.3, -0.25) is 4.90 Å². The Bertz CT molecular complexity index is 372. The molecule has 5 nitrogen and oxygen atoms in total. The number of ether oxygens (including phenoxy) is 1. The molecule has 2 N–H and O–H groups in total. The van der Waals surface area contributed by atoms with Crippen molar-refractivity contribution in [3.63, 3.8) is 0 Å². The van der Waals surface area contributed by atoms with Crippen molar-refractivity contribution in [2.24, 2.45) is 5.73 Å². The van der Waals surface area contributed by atoms with Gasteiger partial charge in [0.25, 0.3) is 0 Å². The van der Waals surface area contributed by atoms with Gasteiger partial charge < -0.3 is 10.5 Å². The van der Waals surface area contributed by atoms with E-state index in [1.807, 2.05) is 0 Å². The van der Waals surface area contributed by atoms with Crippen molar-refractivity contribution < 1.29 is 13.2 Å². The summed E-state index contributed by atoms with van der Waals surface area (Å²) in [5.74, 6) is 0.536. The number of nitrogens with zero attached hydrogens (tertiary/aromatic N) is 1. The maximum Gasteiger partial charge on any atom is 0.150 e. The summed E-state index contributed by atoms with van der Waals surface area (Å²) in [5, 5.41) is 0. The molecule has 0 aliphatic carbocycles. The standard InChI is InChI=1S/C12H24N2O3S/c1-10-7-14(8-11(2)17-10)12(9-13)3-5-18(15,16)6-4-12/h10-11H,3-9,13H2,1-2H3/t10-,11+. The highest BCUT2D eigenvalue weighted by molar-refractivity contribution is 7.91. The smallest absolute Gasteiger partial charge is 0.150 e. The fourth-order valence-corrected chi connectivity index (χ4v) is 4.72. The fraction of sp³-hybridized carbons (Fsp3) is 1.00. The molecule has 0 aromatic carbocycles. The molecule has 2 fully saturated rings. The van der Waals surface area contributed by atoms with Gasteiger partial charge in [0.1, 0.15) is 9.84 Å². The highest BCUT2D eigenvalue weighted by Crippen LogP contribution is 2.31. The lowest BCUT2D eigenvalue weighted by Crippen LogP contribution is -2.63. The Balaban J connectivity index is 2.13. The van der Waals surface area contributed by atoms with Crippen LogP contribution in [-0.2, 0) is 14.6 Å². The monoisotopic (exact) mass is 276 g/mol. The topological polar surface area (TPSA) is 72.6 Å². The van der Waals surface area contributed by atoms with Crippen LogP contribution in [0, 0.1) is 0 Å². The van der Waals surface area contributed by atoms with Crippen LogP contribution < -0.4 is 5.73 Å². The highest BCUT2D eigenvalue weighted by Gasteiger charge is 2.43. The van der Waals surface area contributed by atoms with Crippen molar-refractivity contribution in [1.29, 1.82) is 0 Å². The summed E-state index contributed by atoms with van der Waals surface area (Å²) in [7, 11) is -2.84. The van der Waals surface area contributed by atoms with Gasteiger partial charge in [-0.25, -0.2) is 8.42 Å². The number of sulfone groups is 1. The van der Waals surface area contributed by atoms with Crippen molar-refractivity contribution in [2.75, 3.05) is 31.1 Å². The van der Waals surface area contributed by atoms with Crippen LogP contribution in [0.2, 0.25) is 0 Å². The van der Waals surface area contributed by atoms with E-state index in [2.05, 4.69) is 18.7 Å². The first-order valence-electron chi connectivity index (χ1n) is 6.68. The normalized spacial score (nSPS) is 36.4. The van der Waals surface area contributed by atoms with Gasteiger partial charge in [0.05, 0.1) is 23.7 Å². The molecule has 0 aromatic heterocycles. The molecule has 18 heavy (non-hydrogen) atoms. The first-order valence-corrected chi connectivity index (χ1v) is 8.50. The minimum Gasteiger partial charge on any atom is -0.373 e. The van der Waals surface area contributed by atoms with Crippen LogP contribution in [0.4, 0.5) is 0 Å². The van der Waals surface area contributed by atoms with E-state index in [1.165, 1.54) is 0 Å². The summed E-state index contributed by atoms with van der Waals surface area (Å²) >= 11 is 0. The number of hydrogen-bond donors (Lipinski definition) is 1. The third kappa shape index (κ3) is 2.87. The molecule has 2 heterocycles. The average Bonchev–Trinajstić information content (AvgIpc) is 2.28. The van der Waals surface area contributed by atoms with Gasteiger partial charge >= 0.3 is 0 Å². The Morgan fingerprint density at radius 2 is 1.72 bits per heavy atom. The third-order valence-corrected chi connectivity index (χ3v) is 5.88. The van der Waals surface area contributed by atoms with E-state index in [4.69, 9.17) is 10.5 Å². The molecule has 0 saturated carbocycles. The zero-order valence-electron chi connectivity index (χ0n) is 11.3. The minimum atomic E-state index is -2.84. The molecule has 2 rings (SSSR count). The third-order valence-electron chi connectivity index (χ3n) is 4.23. The van der Waals surface area contributed by atoms with Crippen molar-refractivity contribution in [2.45, 2.75) is 44.4 Å². The number of hydrogen-bond acceptors (Lipinski definition) is 5. The molecular weight excluding hydrogens is 252 g/mol. The summed E-state index contributed by atoms with van der Waals surface area (Å²) in [6, 6.07) is 0. The van der Waals surface area contributed by atoms with Crippen LogP contribution in [0.1, 0.15) is 26.7 Å². The molecule has 0 aromatic rings. The maximum absolute atomic E-state index is 11.6. The van der Waals surface area contributed by atoms with E-state index in [0.29, 0.717) is 19.4 Å². The number of morpholine rings is 1. The molecule has 2 atom stereocenters. The predicted octanol–water partition coefficient (Wildman–Crippen LogP) is 0.00170. The summed E-state index contributed by atoms with van der Waals surface area (Å²) < 4.78 is 28.9. The predicted molar refractivity (Wildman–Crippen MR) is 71.3 cm³/mol. The van der Waals surface area contributed by atoms with Crippen LogP contribution in [0.5, 0.6) is 0 Å². The minimum absolute atomic E-state index is 0.141. The summed E-state index contributed by atoms with van der Waals surface area (Å²) in [4.78, 5) is 2.36. The second-order valence-electron chi connectivity index (χ2n) is 5.74. The molecule has 2 saturated heterocycles. The zero-order chi connectivity index (χ0) is 13.4. The Morgan fingerprint density at radius 3 is 2.17 bits per heavy atom. The number of nitrogens with two attached hydrogens (primary N) is 1. The van der Waals surface area contributed by atoms with Gasteiger partial charge in [-0.05, 0) is 26.7 Å². The fourth-order valence-electron chi connectivity index (χ4n) is 3.13. The van der Waals surface area contributed by atoms with Gasteiger partial charge in [-0.1, -0.05) is 0 Å². The molecule has 0 radical (unpaired) electrons. The van der Waals surface area contributed by atoms with E-state index in [1.54, 1.807) is 0 Å². The summed E-state index contributed by atoms with van der Waals surface area (Å²) in [6.45, 7) is 6.35. The second kappa shape index (κ2) is 5.07. The lowest BCUT2D eigenvalue weighted by atomic mass is 9.88. The first kappa shape index (κ1) is 14.2. The molecule has 6 heteroatoms. The summed E-state index contributed by atoms with van der Waals surface area (Å²) in [5.41, 5.74) is 5.83. The molecule has 106 valence electrons. The molecule has 0 unspecified atom stereocenters. The quantitative estimate of drug-likeness (QED) is 0.769. The van der Waals surface area contributed by atoms with Gasteiger partial charge in [0, 0.05) is 25.2 Å². The largest absolute Gasteiger partial charge is 0.373 e. The van der Waals surface area contributed by atoms with E-state index in [9.17, 15) is 8.42 Å². The van der Waals surface area contributed by atoms with Crippen LogP contribution >= 0.6 is 0 Å². The van der Waals surface area contributed by atoms with Crippen molar-refractivity contribution in [3.05, 3.63) is 0 Å². The molecule has 0 amide bonds. The van der Waals surface area contributed by atoms with Gasteiger partial charge in [0.2, 0.25) is 0 Å². The Kier molecular flexibility index (Phi) is 4.02. The van der Waals surface area contributed by atoms with E-state index in [0.717, 1.165) is 13.1 Å². The molecule has 2 aliphatic heterocycles. The van der Waals surface area contributed by atoms with Gasteiger partial charge in [0.15, 0.2) is 0 Å². The summed E-state index contributed by atoms with van der Waals surface area (Å²) in [6.07, 6.45) is 1.70. The molecule has 2 aliphatic rings. The van der Waals surface area contributed by atoms with E-state index >= 15 is 0 Å².